The number of fused-ring (bicyclic) bond motifs is 1. The summed E-state index contributed by atoms with van der Waals surface area (Å²) in [7, 11) is 1.52. The van der Waals surface area contributed by atoms with Crippen molar-refractivity contribution < 1.29 is 31.4 Å². The van der Waals surface area contributed by atoms with Crippen molar-refractivity contribution >= 4 is 29.1 Å². The summed E-state index contributed by atoms with van der Waals surface area (Å²) in [5.74, 6) is -2.29. The van der Waals surface area contributed by atoms with Gasteiger partial charge in [-0.1, -0.05) is 23.7 Å². The number of hydrogen-bond donors (Lipinski definition) is 1. The molecule has 214 valence electrons. The Balaban J connectivity index is 1.33. The first-order valence-corrected chi connectivity index (χ1v) is 12.9. The Labute approximate surface area is 235 Å². The van der Waals surface area contributed by atoms with E-state index in [0.717, 1.165) is 11.1 Å². The molecule has 4 aromatic rings. The molecule has 1 aliphatic heterocycles. The number of hydrogen-bond acceptors (Lipinski definition) is 7. The fourth-order valence-electron chi connectivity index (χ4n) is 5.18. The molecule has 2 aliphatic rings. The maximum atomic E-state index is 13.8. The van der Waals surface area contributed by atoms with Crippen LogP contribution in [0.1, 0.15) is 29.2 Å². The van der Waals surface area contributed by atoms with E-state index in [9.17, 15) is 22.0 Å². The molecule has 3 heterocycles. The second-order valence-electron chi connectivity index (χ2n) is 9.77. The molecular formula is C27H22ClF5N6O2. The van der Waals surface area contributed by atoms with E-state index in [1.165, 1.54) is 24.1 Å². The van der Waals surface area contributed by atoms with Crippen LogP contribution in [-0.4, -0.2) is 52.0 Å². The lowest BCUT2D eigenvalue weighted by molar-refractivity contribution is -0.274. The Morgan fingerprint density at radius 2 is 1.83 bits per heavy atom. The molecule has 8 nitrogen and oxygen atoms in total. The van der Waals surface area contributed by atoms with E-state index < -0.39 is 25.4 Å². The van der Waals surface area contributed by atoms with Crippen LogP contribution in [0.25, 0.3) is 5.69 Å². The van der Waals surface area contributed by atoms with Crippen molar-refractivity contribution in [1.82, 2.24) is 19.5 Å². The molecule has 1 fully saturated rings. The topological polar surface area (TPSA) is 77.3 Å². The van der Waals surface area contributed by atoms with E-state index in [2.05, 4.69) is 20.0 Å². The molecule has 0 bridgehead atoms. The quantitative estimate of drug-likeness (QED) is 0.246. The summed E-state index contributed by atoms with van der Waals surface area (Å²) in [6.45, 7) is -0.917. The Morgan fingerprint density at radius 3 is 2.46 bits per heavy atom. The van der Waals surface area contributed by atoms with Crippen LogP contribution in [-0.2, 0) is 6.42 Å². The Kier molecular flexibility index (Phi) is 6.63. The third kappa shape index (κ3) is 5.58. The zero-order chi connectivity index (χ0) is 28.9. The molecule has 0 spiro atoms. The summed E-state index contributed by atoms with van der Waals surface area (Å²) < 4.78 is 76.7. The molecule has 2 aromatic heterocycles. The Morgan fingerprint density at radius 1 is 1.07 bits per heavy atom. The highest BCUT2D eigenvalue weighted by molar-refractivity contribution is 6.29. The predicted molar refractivity (Wildman–Crippen MR) is 141 cm³/mol. The number of benzene rings is 2. The molecule has 1 N–H and O–H groups in total. The molecule has 1 atom stereocenters. The number of aromatic nitrogens is 4. The number of nitrogens with zero attached hydrogens (tertiary/aromatic N) is 5. The van der Waals surface area contributed by atoms with E-state index in [0.29, 0.717) is 46.6 Å². The summed E-state index contributed by atoms with van der Waals surface area (Å²) in [6, 6.07) is 10.9. The van der Waals surface area contributed by atoms with E-state index in [-0.39, 0.29) is 17.6 Å². The molecule has 14 heteroatoms. The summed E-state index contributed by atoms with van der Waals surface area (Å²) in [6.07, 6.45) is -0.480. The van der Waals surface area contributed by atoms with Crippen molar-refractivity contribution in [2.75, 3.05) is 30.4 Å². The summed E-state index contributed by atoms with van der Waals surface area (Å²) in [5.41, 5.74) is 3.38. The van der Waals surface area contributed by atoms with Crippen LogP contribution >= 0.6 is 11.6 Å². The predicted octanol–water partition coefficient (Wildman–Crippen LogP) is 6.50. The van der Waals surface area contributed by atoms with Gasteiger partial charge in [0.05, 0.1) is 31.6 Å². The second kappa shape index (κ2) is 10.1. The molecular weight excluding hydrogens is 571 g/mol. The van der Waals surface area contributed by atoms with Gasteiger partial charge in [-0.25, -0.2) is 18.7 Å². The Hall–Kier alpha value is -4.13. The normalized spacial score (nSPS) is 17.6. The first-order chi connectivity index (χ1) is 19.5. The molecule has 0 unspecified atom stereocenters. The van der Waals surface area contributed by atoms with Crippen molar-refractivity contribution in [2.45, 2.75) is 31.0 Å². The fraction of sp³-hybridized carbons (Fsp3) is 0.296. The van der Waals surface area contributed by atoms with Crippen molar-refractivity contribution in [3.63, 3.8) is 0 Å². The van der Waals surface area contributed by atoms with E-state index in [4.69, 9.17) is 21.3 Å². The number of anilines is 3. The number of halogens is 6. The Bertz CT molecular complexity index is 1590. The smallest absolute Gasteiger partial charge is 0.494 e. The highest BCUT2D eigenvalue weighted by Gasteiger charge is 2.46. The maximum Gasteiger partial charge on any atom is 0.573 e. The molecule has 1 aliphatic carbocycles. The first-order valence-electron chi connectivity index (χ1n) is 12.5. The van der Waals surface area contributed by atoms with Gasteiger partial charge in [0.1, 0.15) is 28.8 Å². The number of alkyl halides is 5. The van der Waals surface area contributed by atoms with Crippen LogP contribution in [0.5, 0.6) is 11.5 Å². The van der Waals surface area contributed by atoms with E-state index in [1.54, 1.807) is 47.4 Å². The monoisotopic (exact) mass is 592 g/mol. The number of imidazole rings is 1. The van der Waals surface area contributed by atoms with Gasteiger partial charge < -0.3 is 24.3 Å². The average Bonchev–Trinajstić information content (AvgIpc) is 3.52. The summed E-state index contributed by atoms with van der Waals surface area (Å²) >= 11 is 5.95. The van der Waals surface area contributed by atoms with Crippen LogP contribution in [0.3, 0.4) is 0 Å². The minimum Gasteiger partial charge on any atom is -0.494 e. The number of ether oxygens (including phenoxy) is 2. The van der Waals surface area contributed by atoms with Gasteiger partial charge in [-0.2, -0.15) is 4.98 Å². The van der Waals surface area contributed by atoms with Crippen LogP contribution < -0.4 is 19.7 Å². The van der Waals surface area contributed by atoms with E-state index >= 15 is 0 Å². The fourth-order valence-corrected chi connectivity index (χ4v) is 5.33. The number of methoxy groups -OCH3 is 1. The van der Waals surface area contributed by atoms with Gasteiger partial charge in [0.2, 0.25) is 5.95 Å². The van der Waals surface area contributed by atoms with Crippen molar-refractivity contribution in [3.05, 3.63) is 77.0 Å². The zero-order valence-electron chi connectivity index (χ0n) is 21.4. The van der Waals surface area contributed by atoms with Crippen LogP contribution in [0.4, 0.5) is 39.4 Å². The van der Waals surface area contributed by atoms with Crippen LogP contribution in [0, 0.1) is 0 Å². The van der Waals surface area contributed by atoms with Gasteiger partial charge >= 0.3 is 6.36 Å². The lowest BCUT2D eigenvalue weighted by atomic mass is 9.96. The zero-order valence-corrected chi connectivity index (χ0v) is 22.2. The van der Waals surface area contributed by atoms with E-state index in [1.807, 2.05) is 0 Å². The van der Waals surface area contributed by atoms with Gasteiger partial charge in [-0.15, -0.1) is 13.2 Å². The molecule has 2 aromatic carbocycles. The largest absolute Gasteiger partial charge is 0.573 e. The lowest BCUT2D eigenvalue weighted by Gasteiger charge is -2.40. The standard InChI is InChI=1S/C27H22ClF5N6O2/c1-40-21-10-16(4-9-20(21)38-11-22(28)34-14-38)35-25-36-23-18(15-2-5-17(6-3-15)41-27(31,32)33)7-8-19(23)24(37-25)39-12-26(29,30)13-39/h2-6,9-11,14,18H,7-8,12-13H2,1H3,(H,35,36,37)/t18-/m1/s1. The van der Waals surface area contributed by atoms with Crippen molar-refractivity contribution in [1.29, 1.82) is 0 Å². The molecule has 1 saturated heterocycles. The van der Waals surface area contributed by atoms with Crippen LogP contribution in [0.15, 0.2) is 55.0 Å². The minimum atomic E-state index is -4.80. The molecule has 0 radical (unpaired) electrons. The molecule has 41 heavy (non-hydrogen) atoms. The third-order valence-corrected chi connectivity index (χ3v) is 7.15. The molecule has 6 rings (SSSR count). The summed E-state index contributed by atoms with van der Waals surface area (Å²) in [4.78, 5) is 14.9. The number of rotatable bonds is 7. The van der Waals surface area contributed by atoms with Gasteiger partial charge in [0.15, 0.2) is 0 Å². The van der Waals surface area contributed by atoms with Crippen molar-refractivity contribution in [2.24, 2.45) is 0 Å². The lowest BCUT2D eigenvalue weighted by Crippen LogP contribution is -2.57. The van der Waals surface area contributed by atoms with Gasteiger partial charge in [-0.05, 0) is 42.7 Å². The highest BCUT2D eigenvalue weighted by atomic mass is 35.5. The SMILES string of the molecule is COc1cc(Nc2nc3c(c(N4CC(F)(F)C4)n2)CC[C@@H]3c2ccc(OC(F)(F)F)cc2)ccc1-n1cnc(Cl)c1. The molecule has 0 amide bonds. The average molecular weight is 593 g/mol. The highest BCUT2D eigenvalue weighted by Crippen LogP contribution is 2.44. The first kappa shape index (κ1) is 27.1. The summed E-state index contributed by atoms with van der Waals surface area (Å²) in [5, 5.41) is 3.47. The maximum absolute atomic E-state index is 13.8. The van der Waals surface area contributed by atoms with Crippen molar-refractivity contribution in [3.8, 4) is 17.2 Å². The second-order valence-corrected chi connectivity index (χ2v) is 10.2. The number of nitrogens with one attached hydrogen (secondary N) is 1. The van der Waals surface area contributed by atoms with Gasteiger partial charge in [0, 0.05) is 29.4 Å². The minimum absolute atomic E-state index is 0.193. The van der Waals surface area contributed by atoms with Gasteiger partial charge in [0.25, 0.3) is 5.92 Å². The van der Waals surface area contributed by atoms with Crippen LogP contribution in [0.2, 0.25) is 5.15 Å². The van der Waals surface area contributed by atoms with Gasteiger partial charge in [-0.3, -0.25) is 0 Å². The molecule has 0 saturated carbocycles. The third-order valence-electron chi connectivity index (χ3n) is 6.96.